The van der Waals surface area contributed by atoms with E-state index in [9.17, 15) is 0 Å². The molecule has 18 heavy (non-hydrogen) atoms. The Morgan fingerprint density at radius 1 is 1.50 bits per heavy atom. The molecule has 0 saturated carbocycles. The number of nitrogens with one attached hydrogen (secondary N) is 1. The first-order chi connectivity index (χ1) is 8.23. The van der Waals surface area contributed by atoms with Crippen molar-refractivity contribution >= 4 is 11.6 Å². The minimum absolute atomic E-state index is 0.239. The molecule has 1 rings (SSSR count). The van der Waals surface area contributed by atoms with E-state index in [0.29, 0.717) is 11.5 Å². The quantitative estimate of drug-likeness (QED) is 0.844. The maximum atomic E-state index is 5.83. The second kappa shape index (κ2) is 5.94. The maximum absolute atomic E-state index is 5.83. The van der Waals surface area contributed by atoms with Crippen LogP contribution in [-0.2, 0) is 0 Å². The van der Waals surface area contributed by atoms with Gasteiger partial charge >= 0.3 is 0 Å². The molecular weight excluding hydrogens is 244 g/mol. The first kappa shape index (κ1) is 16.0. The molecule has 1 fully saturated rings. The SMILES string of the molecule is CCC1(C)CNC(C(C)(C)C)CN1CC(C)=CCl. The van der Waals surface area contributed by atoms with E-state index in [1.54, 1.807) is 5.54 Å². The monoisotopic (exact) mass is 272 g/mol. The summed E-state index contributed by atoms with van der Waals surface area (Å²) in [6.45, 7) is 16.8. The zero-order chi connectivity index (χ0) is 14.0. The molecule has 2 unspecified atom stereocenters. The minimum Gasteiger partial charge on any atom is -0.310 e. The molecule has 0 spiro atoms. The molecule has 106 valence electrons. The summed E-state index contributed by atoms with van der Waals surface area (Å²) < 4.78 is 0. The van der Waals surface area contributed by atoms with Crippen LogP contribution < -0.4 is 5.32 Å². The Morgan fingerprint density at radius 2 is 2.11 bits per heavy atom. The van der Waals surface area contributed by atoms with Crippen LogP contribution in [-0.4, -0.2) is 36.1 Å². The van der Waals surface area contributed by atoms with Crippen LogP contribution in [0.25, 0.3) is 0 Å². The highest BCUT2D eigenvalue weighted by Gasteiger charge is 2.39. The lowest BCUT2D eigenvalue weighted by atomic mass is 9.81. The summed E-state index contributed by atoms with van der Waals surface area (Å²) in [6, 6.07) is 0.542. The summed E-state index contributed by atoms with van der Waals surface area (Å²) in [5.74, 6) is 0. The van der Waals surface area contributed by atoms with Gasteiger partial charge in [-0.05, 0) is 31.3 Å². The molecule has 1 heterocycles. The number of piperazine rings is 1. The Morgan fingerprint density at radius 3 is 2.56 bits per heavy atom. The van der Waals surface area contributed by atoms with E-state index in [0.717, 1.165) is 26.1 Å². The molecule has 0 aromatic rings. The number of nitrogens with zero attached hydrogens (tertiary/aromatic N) is 1. The molecule has 0 bridgehead atoms. The van der Waals surface area contributed by atoms with Crippen LogP contribution in [0.1, 0.15) is 48.0 Å². The second-order valence-electron chi connectivity index (χ2n) is 6.99. The number of hydrogen-bond acceptors (Lipinski definition) is 2. The van der Waals surface area contributed by atoms with Crippen LogP contribution in [0.4, 0.5) is 0 Å². The van der Waals surface area contributed by atoms with E-state index in [4.69, 9.17) is 11.6 Å². The van der Waals surface area contributed by atoms with Crippen LogP contribution in [0, 0.1) is 5.41 Å². The van der Waals surface area contributed by atoms with E-state index < -0.39 is 0 Å². The zero-order valence-electron chi connectivity index (χ0n) is 12.8. The number of rotatable bonds is 3. The molecular formula is C15H29ClN2. The summed E-state index contributed by atoms with van der Waals surface area (Å²) in [6.07, 6.45) is 1.16. The van der Waals surface area contributed by atoms with Gasteiger partial charge in [0.25, 0.3) is 0 Å². The van der Waals surface area contributed by atoms with Crippen LogP contribution in [0.2, 0.25) is 0 Å². The van der Waals surface area contributed by atoms with Crippen molar-refractivity contribution in [3.63, 3.8) is 0 Å². The first-order valence-electron chi connectivity index (χ1n) is 6.97. The van der Waals surface area contributed by atoms with Gasteiger partial charge in [0.2, 0.25) is 0 Å². The molecule has 2 nitrogen and oxygen atoms in total. The van der Waals surface area contributed by atoms with Crippen molar-refractivity contribution in [2.75, 3.05) is 19.6 Å². The van der Waals surface area contributed by atoms with E-state index in [1.165, 1.54) is 5.57 Å². The van der Waals surface area contributed by atoms with Crippen molar-refractivity contribution in [2.45, 2.75) is 59.5 Å². The Bertz CT molecular complexity index is 306. The van der Waals surface area contributed by atoms with Crippen molar-refractivity contribution in [3.05, 3.63) is 11.1 Å². The fraction of sp³-hybridized carbons (Fsp3) is 0.867. The number of hydrogen-bond donors (Lipinski definition) is 1. The highest BCUT2D eigenvalue weighted by atomic mass is 35.5. The third-order valence-corrected chi connectivity index (χ3v) is 4.70. The average Bonchev–Trinajstić information content (AvgIpc) is 2.30. The minimum atomic E-state index is 0.239. The molecule has 0 amide bonds. The summed E-state index contributed by atoms with van der Waals surface area (Å²) in [4.78, 5) is 2.59. The van der Waals surface area contributed by atoms with Crippen molar-refractivity contribution in [3.8, 4) is 0 Å². The highest BCUT2D eigenvalue weighted by Crippen LogP contribution is 2.30. The van der Waals surface area contributed by atoms with Gasteiger partial charge in [-0.15, -0.1) is 0 Å². The van der Waals surface area contributed by atoms with Crippen molar-refractivity contribution < 1.29 is 0 Å². The van der Waals surface area contributed by atoms with E-state index in [1.807, 2.05) is 0 Å². The lowest BCUT2D eigenvalue weighted by molar-refractivity contribution is 0.0296. The summed E-state index contributed by atoms with van der Waals surface area (Å²) in [5, 5.41) is 3.73. The van der Waals surface area contributed by atoms with E-state index >= 15 is 0 Å². The van der Waals surface area contributed by atoms with Crippen LogP contribution in [0.3, 0.4) is 0 Å². The maximum Gasteiger partial charge on any atom is 0.0307 e. The summed E-state index contributed by atoms with van der Waals surface area (Å²) in [7, 11) is 0. The summed E-state index contributed by atoms with van der Waals surface area (Å²) >= 11 is 5.83. The first-order valence-corrected chi connectivity index (χ1v) is 7.41. The van der Waals surface area contributed by atoms with Gasteiger partial charge in [0.05, 0.1) is 0 Å². The molecule has 3 heteroatoms. The third kappa shape index (κ3) is 3.72. The Hall–Kier alpha value is -0.0500. The van der Waals surface area contributed by atoms with Gasteiger partial charge in [0.15, 0.2) is 0 Å². The van der Waals surface area contributed by atoms with Crippen LogP contribution in [0.5, 0.6) is 0 Å². The normalized spacial score (nSPS) is 31.7. The predicted molar refractivity (Wildman–Crippen MR) is 81.1 cm³/mol. The van der Waals surface area contributed by atoms with Gasteiger partial charge in [-0.25, -0.2) is 0 Å². The second-order valence-corrected chi connectivity index (χ2v) is 7.20. The molecule has 2 atom stereocenters. The predicted octanol–water partition coefficient (Wildman–Crippen LogP) is 3.62. The van der Waals surface area contributed by atoms with Gasteiger partial charge in [-0.1, -0.05) is 39.3 Å². The van der Waals surface area contributed by atoms with Crippen LogP contribution >= 0.6 is 11.6 Å². The van der Waals surface area contributed by atoms with Crippen molar-refractivity contribution in [1.29, 1.82) is 0 Å². The fourth-order valence-corrected chi connectivity index (χ4v) is 2.55. The Balaban J connectivity index is 2.84. The van der Waals surface area contributed by atoms with Crippen molar-refractivity contribution in [1.82, 2.24) is 10.2 Å². The average molecular weight is 273 g/mol. The topological polar surface area (TPSA) is 15.3 Å². The third-order valence-electron chi connectivity index (χ3n) is 4.33. The molecule has 0 aliphatic carbocycles. The molecule has 0 aromatic carbocycles. The van der Waals surface area contributed by atoms with Crippen molar-refractivity contribution in [2.24, 2.45) is 5.41 Å². The molecule has 1 aliphatic heterocycles. The summed E-state index contributed by atoms with van der Waals surface area (Å²) in [5.41, 5.74) is 3.49. The van der Waals surface area contributed by atoms with Gasteiger partial charge in [-0.3, -0.25) is 4.90 Å². The van der Waals surface area contributed by atoms with E-state index in [2.05, 4.69) is 51.8 Å². The van der Waals surface area contributed by atoms with Gasteiger partial charge < -0.3 is 5.32 Å². The standard InChI is InChI=1S/C15H29ClN2/c1-7-15(6)11-17-13(14(3,4)5)10-18(15)9-12(2)8-16/h8,13,17H,7,9-11H2,1-6H3. The van der Waals surface area contributed by atoms with Gasteiger partial charge in [-0.2, -0.15) is 0 Å². The smallest absolute Gasteiger partial charge is 0.0307 e. The van der Waals surface area contributed by atoms with Gasteiger partial charge in [0.1, 0.15) is 0 Å². The number of halogens is 1. The molecule has 0 radical (unpaired) electrons. The van der Waals surface area contributed by atoms with Gasteiger partial charge in [0, 0.05) is 36.8 Å². The molecule has 1 N–H and O–H groups in total. The van der Waals surface area contributed by atoms with Crippen LogP contribution in [0.15, 0.2) is 11.1 Å². The largest absolute Gasteiger partial charge is 0.310 e. The molecule has 1 saturated heterocycles. The lowest BCUT2D eigenvalue weighted by Gasteiger charge is -2.51. The zero-order valence-corrected chi connectivity index (χ0v) is 13.6. The van der Waals surface area contributed by atoms with E-state index in [-0.39, 0.29) is 5.54 Å². The fourth-order valence-electron chi connectivity index (χ4n) is 2.48. The highest BCUT2D eigenvalue weighted by molar-refractivity contribution is 6.25. The molecule has 0 aromatic heterocycles. The molecule has 1 aliphatic rings. The Kier molecular flexibility index (Phi) is 5.28. The Labute approximate surface area is 118 Å². The lowest BCUT2D eigenvalue weighted by Crippen LogP contribution is -2.65.